The standard InChI is InChI=1S/C14H28O5Si/c1-13(2,3)20(6,7)16-8-9-10-11(12(15)17-9)19-14(4,5)18-10/h9-12,15H,8H2,1-7H3/t9-,10-,11-,12?/m0/s1. The average molecular weight is 304 g/mol. The normalized spacial score (nSPS) is 37.2. The number of ether oxygens (including phenoxy) is 3. The summed E-state index contributed by atoms with van der Waals surface area (Å²) in [5, 5.41) is 10.1. The Balaban J connectivity index is 1.98. The molecule has 20 heavy (non-hydrogen) atoms. The van der Waals surface area contributed by atoms with Gasteiger partial charge in [0.05, 0.1) is 6.61 Å². The molecule has 0 aromatic heterocycles. The fourth-order valence-electron chi connectivity index (χ4n) is 2.30. The predicted octanol–water partition coefficient (Wildman–Crippen LogP) is 2.25. The van der Waals surface area contributed by atoms with Crippen LogP contribution in [-0.4, -0.2) is 50.4 Å². The van der Waals surface area contributed by atoms with Gasteiger partial charge in [0, 0.05) is 0 Å². The summed E-state index contributed by atoms with van der Waals surface area (Å²) >= 11 is 0. The van der Waals surface area contributed by atoms with E-state index in [4.69, 9.17) is 18.6 Å². The van der Waals surface area contributed by atoms with Crippen LogP contribution in [0.25, 0.3) is 0 Å². The van der Waals surface area contributed by atoms with Crippen molar-refractivity contribution < 1.29 is 23.7 Å². The van der Waals surface area contributed by atoms with Gasteiger partial charge in [0.1, 0.15) is 18.3 Å². The Hall–Kier alpha value is 0.0169. The fourth-order valence-corrected chi connectivity index (χ4v) is 3.31. The fraction of sp³-hybridized carbons (Fsp3) is 1.00. The minimum atomic E-state index is -1.83. The highest BCUT2D eigenvalue weighted by molar-refractivity contribution is 6.74. The molecule has 2 aliphatic rings. The van der Waals surface area contributed by atoms with Crippen LogP contribution >= 0.6 is 0 Å². The first-order valence-corrected chi connectivity index (χ1v) is 10.2. The van der Waals surface area contributed by atoms with Gasteiger partial charge in [-0.1, -0.05) is 20.8 Å². The molecule has 0 spiro atoms. The Morgan fingerprint density at radius 1 is 1.15 bits per heavy atom. The molecule has 0 saturated carbocycles. The maximum absolute atomic E-state index is 9.92. The van der Waals surface area contributed by atoms with Gasteiger partial charge >= 0.3 is 0 Å². The molecule has 2 heterocycles. The molecule has 0 bridgehead atoms. The largest absolute Gasteiger partial charge is 0.414 e. The van der Waals surface area contributed by atoms with E-state index >= 15 is 0 Å². The zero-order valence-electron chi connectivity index (χ0n) is 13.6. The van der Waals surface area contributed by atoms with E-state index in [1.54, 1.807) is 0 Å². The Bertz CT molecular complexity index is 363. The van der Waals surface area contributed by atoms with Crippen LogP contribution in [0.4, 0.5) is 0 Å². The van der Waals surface area contributed by atoms with Gasteiger partial charge in [0.25, 0.3) is 0 Å². The summed E-state index contributed by atoms with van der Waals surface area (Å²) in [5.74, 6) is -0.671. The van der Waals surface area contributed by atoms with Crippen molar-refractivity contribution in [1.82, 2.24) is 0 Å². The van der Waals surface area contributed by atoms with Crippen molar-refractivity contribution in [3.05, 3.63) is 0 Å². The maximum atomic E-state index is 9.92. The van der Waals surface area contributed by atoms with E-state index in [0.29, 0.717) is 6.61 Å². The lowest BCUT2D eigenvalue weighted by Gasteiger charge is -2.37. The van der Waals surface area contributed by atoms with Crippen molar-refractivity contribution in [2.45, 2.75) is 83.1 Å². The van der Waals surface area contributed by atoms with Gasteiger partial charge < -0.3 is 23.7 Å². The molecule has 0 aliphatic carbocycles. The highest BCUT2D eigenvalue weighted by atomic mass is 28.4. The third kappa shape index (κ3) is 3.10. The van der Waals surface area contributed by atoms with Gasteiger partial charge in [-0.2, -0.15) is 0 Å². The first kappa shape index (κ1) is 16.4. The second-order valence-corrected chi connectivity index (χ2v) is 12.5. The molecule has 118 valence electrons. The lowest BCUT2D eigenvalue weighted by Crippen LogP contribution is -2.44. The van der Waals surface area contributed by atoms with Gasteiger partial charge in [0.2, 0.25) is 0 Å². The molecule has 6 heteroatoms. The molecular formula is C14H28O5Si. The summed E-state index contributed by atoms with van der Waals surface area (Å²) in [6, 6.07) is 0. The molecular weight excluding hydrogens is 276 g/mol. The van der Waals surface area contributed by atoms with Crippen molar-refractivity contribution in [2.24, 2.45) is 0 Å². The Morgan fingerprint density at radius 2 is 1.70 bits per heavy atom. The Kier molecular flexibility index (Phi) is 4.13. The van der Waals surface area contributed by atoms with Gasteiger partial charge in [-0.25, -0.2) is 0 Å². The van der Waals surface area contributed by atoms with Crippen LogP contribution in [0.2, 0.25) is 18.1 Å². The minimum Gasteiger partial charge on any atom is -0.414 e. The summed E-state index contributed by atoms with van der Waals surface area (Å²) in [6.07, 6.45) is -1.89. The molecule has 0 aromatic carbocycles. The summed E-state index contributed by atoms with van der Waals surface area (Å²) in [4.78, 5) is 0. The van der Waals surface area contributed by atoms with Crippen LogP contribution in [0, 0.1) is 0 Å². The maximum Gasteiger partial charge on any atom is 0.192 e. The summed E-state index contributed by atoms with van der Waals surface area (Å²) in [6.45, 7) is 15.1. The van der Waals surface area contributed by atoms with E-state index in [-0.39, 0.29) is 17.2 Å². The first-order chi connectivity index (χ1) is 8.93. The highest BCUT2D eigenvalue weighted by Gasteiger charge is 2.55. The van der Waals surface area contributed by atoms with Crippen molar-refractivity contribution >= 4 is 8.32 Å². The van der Waals surface area contributed by atoms with Crippen molar-refractivity contribution in [3.63, 3.8) is 0 Å². The molecule has 1 N–H and O–H groups in total. The zero-order valence-corrected chi connectivity index (χ0v) is 14.6. The molecule has 1 unspecified atom stereocenters. The van der Waals surface area contributed by atoms with Crippen LogP contribution in [-0.2, 0) is 18.6 Å². The lowest BCUT2D eigenvalue weighted by molar-refractivity contribution is -0.222. The van der Waals surface area contributed by atoms with E-state index in [1.165, 1.54) is 0 Å². The van der Waals surface area contributed by atoms with Gasteiger partial charge in [0.15, 0.2) is 20.4 Å². The number of aliphatic hydroxyl groups is 1. The molecule has 0 radical (unpaired) electrons. The lowest BCUT2D eigenvalue weighted by atomic mass is 10.1. The molecule has 2 fully saturated rings. The molecule has 2 saturated heterocycles. The smallest absolute Gasteiger partial charge is 0.192 e. The zero-order chi connectivity index (χ0) is 15.3. The van der Waals surface area contributed by atoms with Crippen LogP contribution < -0.4 is 0 Å². The van der Waals surface area contributed by atoms with Crippen LogP contribution in [0.5, 0.6) is 0 Å². The summed E-state index contributed by atoms with van der Waals surface area (Å²) < 4.78 is 23.2. The quantitative estimate of drug-likeness (QED) is 0.810. The van der Waals surface area contributed by atoms with Crippen molar-refractivity contribution in [2.75, 3.05) is 6.61 Å². The SMILES string of the molecule is CC1(C)O[C@H]2[C@H](CO[Si](C)(C)C(C)(C)C)OC(O)[C@H]2O1. The first-order valence-electron chi connectivity index (χ1n) is 7.26. The second-order valence-electron chi connectivity index (χ2n) is 7.70. The monoisotopic (exact) mass is 304 g/mol. The van der Waals surface area contributed by atoms with Gasteiger partial charge in [-0.15, -0.1) is 0 Å². The second kappa shape index (κ2) is 5.03. The van der Waals surface area contributed by atoms with Crippen molar-refractivity contribution in [3.8, 4) is 0 Å². The third-order valence-electron chi connectivity index (χ3n) is 4.54. The number of rotatable bonds is 3. The summed E-state index contributed by atoms with van der Waals surface area (Å²) in [7, 11) is -1.83. The molecule has 0 aromatic rings. The number of hydrogen-bond donors (Lipinski definition) is 1. The topological polar surface area (TPSA) is 57.2 Å². The van der Waals surface area contributed by atoms with Crippen molar-refractivity contribution in [1.29, 1.82) is 0 Å². The molecule has 0 amide bonds. The molecule has 5 nitrogen and oxygen atoms in total. The number of aliphatic hydroxyl groups excluding tert-OH is 1. The Morgan fingerprint density at radius 3 is 2.25 bits per heavy atom. The predicted molar refractivity (Wildman–Crippen MR) is 77.9 cm³/mol. The average Bonchev–Trinajstić information content (AvgIpc) is 2.70. The van der Waals surface area contributed by atoms with E-state index < -0.39 is 26.5 Å². The summed E-state index contributed by atoms with van der Waals surface area (Å²) in [5.41, 5.74) is 0. The highest BCUT2D eigenvalue weighted by Crippen LogP contribution is 2.40. The minimum absolute atomic E-state index is 0.149. The number of hydrogen-bond acceptors (Lipinski definition) is 5. The van der Waals surface area contributed by atoms with Crippen LogP contribution in [0.15, 0.2) is 0 Å². The van der Waals surface area contributed by atoms with Gasteiger partial charge in [-0.3, -0.25) is 0 Å². The van der Waals surface area contributed by atoms with Crippen LogP contribution in [0.1, 0.15) is 34.6 Å². The van der Waals surface area contributed by atoms with Crippen LogP contribution in [0.3, 0.4) is 0 Å². The third-order valence-corrected chi connectivity index (χ3v) is 9.04. The molecule has 2 aliphatic heterocycles. The van der Waals surface area contributed by atoms with E-state index in [2.05, 4.69) is 33.9 Å². The van der Waals surface area contributed by atoms with Gasteiger partial charge in [-0.05, 0) is 32.0 Å². The van der Waals surface area contributed by atoms with E-state index in [0.717, 1.165) is 0 Å². The Labute approximate surface area is 122 Å². The molecule has 2 rings (SSSR count). The molecule has 4 atom stereocenters. The van der Waals surface area contributed by atoms with E-state index in [9.17, 15) is 5.11 Å². The number of fused-ring (bicyclic) bond motifs is 1. The van der Waals surface area contributed by atoms with E-state index in [1.807, 2.05) is 13.8 Å².